The molecule has 1 fully saturated rings. The van der Waals surface area contributed by atoms with Crippen LogP contribution in [0.5, 0.6) is 0 Å². The van der Waals surface area contributed by atoms with Gasteiger partial charge in [-0.25, -0.2) is 13.6 Å². The van der Waals surface area contributed by atoms with Crippen LogP contribution in [0.2, 0.25) is 0 Å². The van der Waals surface area contributed by atoms with E-state index in [1.807, 2.05) is 13.8 Å². The summed E-state index contributed by atoms with van der Waals surface area (Å²) in [4.78, 5) is 11.4. The zero-order valence-corrected chi connectivity index (χ0v) is 14.8. The molecule has 0 bridgehead atoms. The van der Waals surface area contributed by atoms with E-state index < -0.39 is 30.7 Å². The predicted octanol–water partition coefficient (Wildman–Crippen LogP) is 3.08. The van der Waals surface area contributed by atoms with Crippen LogP contribution in [0.25, 0.3) is 0 Å². The van der Waals surface area contributed by atoms with Crippen LogP contribution in [0.1, 0.15) is 53.9 Å². The molecule has 2 unspecified atom stereocenters. The van der Waals surface area contributed by atoms with Crippen LogP contribution in [0.3, 0.4) is 0 Å². The molecule has 2 atom stereocenters. The van der Waals surface area contributed by atoms with Crippen molar-refractivity contribution in [3.05, 3.63) is 0 Å². The summed E-state index contributed by atoms with van der Waals surface area (Å²) in [5.41, 5.74) is -0.954. The molecule has 0 aromatic rings. The Bertz CT molecular complexity index is 399. The van der Waals surface area contributed by atoms with Gasteiger partial charge in [0.2, 0.25) is 0 Å². The first-order valence-electron chi connectivity index (χ1n) is 8.17. The number of alkyl carbamates (subject to hydrolysis) is 1. The fourth-order valence-corrected chi connectivity index (χ4v) is 2.42. The van der Waals surface area contributed by atoms with Crippen molar-refractivity contribution in [1.82, 2.24) is 10.6 Å². The van der Waals surface area contributed by atoms with Gasteiger partial charge in [0.1, 0.15) is 5.60 Å². The molecule has 1 aliphatic heterocycles. The molecule has 0 aromatic heterocycles. The summed E-state index contributed by atoms with van der Waals surface area (Å²) in [5, 5.41) is 5.02. The molecule has 23 heavy (non-hydrogen) atoms. The molecule has 1 heterocycles. The zero-order chi connectivity index (χ0) is 17.7. The summed E-state index contributed by atoms with van der Waals surface area (Å²) in [6, 6.07) is 0.00102. The molecule has 1 amide bonds. The van der Waals surface area contributed by atoms with Gasteiger partial charge < -0.3 is 20.1 Å². The van der Waals surface area contributed by atoms with Crippen molar-refractivity contribution >= 4 is 6.09 Å². The molecule has 2 N–H and O–H groups in total. The van der Waals surface area contributed by atoms with Gasteiger partial charge in [-0.3, -0.25) is 0 Å². The maximum Gasteiger partial charge on any atom is 0.407 e. The maximum atomic E-state index is 13.9. The largest absolute Gasteiger partial charge is 0.444 e. The van der Waals surface area contributed by atoms with Crippen molar-refractivity contribution in [3.8, 4) is 0 Å². The normalized spacial score (nSPS) is 26.0. The average Bonchev–Trinajstić information content (AvgIpc) is 2.42. The Morgan fingerprint density at radius 3 is 2.57 bits per heavy atom. The van der Waals surface area contributed by atoms with Crippen LogP contribution < -0.4 is 10.6 Å². The first-order chi connectivity index (χ1) is 10.4. The highest BCUT2D eigenvalue weighted by atomic mass is 19.3. The molecule has 5 nitrogen and oxygen atoms in total. The molecular formula is C16H30F2N2O3. The van der Waals surface area contributed by atoms with Crippen molar-refractivity contribution in [1.29, 1.82) is 0 Å². The van der Waals surface area contributed by atoms with Crippen LogP contribution in [-0.4, -0.2) is 49.0 Å². The van der Waals surface area contributed by atoms with Crippen LogP contribution in [-0.2, 0) is 9.47 Å². The van der Waals surface area contributed by atoms with E-state index in [-0.39, 0.29) is 11.6 Å². The summed E-state index contributed by atoms with van der Waals surface area (Å²) in [7, 11) is 0. The van der Waals surface area contributed by atoms with E-state index >= 15 is 0 Å². The first-order valence-corrected chi connectivity index (χ1v) is 8.17. The van der Waals surface area contributed by atoms with Crippen molar-refractivity contribution in [3.63, 3.8) is 0 Å². The SMILES string of the molecule is CCC1(C)CC(NCC(F)(F)CNC(=O)OC(C)(C)C)CCO1. The molecule has 0 radical (unpaired) electrons. The van der Waals surface area contributed by atoms with Crippen LogP contribution in [0, 0.1) is 0 Å². The summed E-state index contributed by atoms with van der Waals surface area (Å²) >= 11 is 0. The third-order valence-corrected chi connectivity index (χ3v) is 3.88. The van der Waals surface area contributed by atoms with Gasteiger partial charge in [0.05, 0.1) is 18.7 Å². The molecular weight excluding hydrogens is 306 g/mol. The second-order valence-electron chi connectivity index (χ2n) is 7.43. The maximum absolute atomic E-state index is 13.9. The van der Waals surface area contributed by atoms with Gasteiger partial charge in [0.25, 0.3) is 5.92 Å². The van der Waals surface area contributed by atoms with Crippen LogP contribution in [0.4, 0.5) is 13.6 Å². The minimum absolute atomic E-state index is 0.00102. The van der Waals surface area contributed by atoms with E-state index in [0.29, 0.717) is 19.4 Å². The lowest BCUT2D eigenvalue weighted by Gasteiger charge is -2.38. The Hall–Kier alpha value is -0.950. The van der Waals surface area contributed by atoms with E-state index in [1.165, 1.54) is 0 Å². The van der Waals surface area contributed by atoms with Crippen molar-refractivity contribution < 1.29 is 23.0 Å². The number of nitrogens with one attached hydrogen (secondary N) is 2. The van der Waals surface area contributed by atoms with Gasteiger partial charge in [-0.15, -0.1) is 0 Å². The van der Waals surface area contributed by atoms with Crippen molar-refractivity contribution in [2.45, 2.75) is 77.0 Å². The Morgan fingerprint density at radius 1 is 1.35 bits per heavy atom. The highest BCUT2D eigenvalue weighted by Crippen LogP contribution is 2.28. The molecule has 7 heteroatoms. The lowest BCUT2D eigenvalue weighted by atomic mass is 9.90. The quantitative estimate of drug-likeness (QED) is 0.782. The third-order valence-electron chi connectivity index (χ3n) is 3.88. The molecule has 0 saturated carbocycles. The summed E-state index contributed by atoms with van der Waals surface area (Å²) in [6.07, 6.45) is 1.44. The van der Waals surface area contributed by atoms with Gasteiger partial charge in [0, 0.05) is 12.6 Å². The van der Waals surface area contributed by atoms with Gasteiger partial charge >= 0.3 is 6.09 Å². The van der Waals surface area contributed by atoms with E-state index in [4.69, 9.17) is 9.47 Å². The van der Waals surface area contributed by atoms with Crippen molar-refractivity contribution in [2.75, 3.05) is 19.7 Å². The second kappa shape index (κ2) is 7.75. The Morgan fingerprint density at radius 2 is 2.00 bits per heavy atom. The molecule has 136 valence electrons. The number of amides is 1. The highest BCUT2D eigenvalue weighted by Gasteiger charge is 2.35. The number of carbonyl (C=O) groups is 1. The fourth-order valence-electron chi connectivity index (χ4n) is 2.42. The lowest BCUT2D eigenvalue weighted by Crippen LogP contribution is -2.50. The standard InChI is InChI=1S/C16H30F2N2O3/c1-6-15(5)9-12(7-8-22-15)19-10-16(17,18)11-20-13(21)23-14(2,3)4/h12,19H,6-11H2,1-5H3,(H,20,21). The van der Waals surface area contributed by atoms with E-state index in [9.17, 15) is 13.6 Å². The molecule has 0 aromatic carbocycles. The topological polar surface area (TPSA) is 59.6 Å². The average molecular weight is 336 g/mol. The van der Waals surface area contributed by atoms with Gasteiger partial charge in [0.15, 0.2) is 0 Å². The minimum atomic E-state index is -3.03. The fraction of sp³-hybridized carbons (Fsp3) is 0.938. The van der Waals surface area contributed by atoms with Gasteiger partial charge in [-0.1, -0.05) is 6.92 Å². The first kappa shape index (κ1) is 20.1. The van der Waals surface area contributed by atoms with E-state index in [0.717, 1.165) is 6.42 Å². The Labute approximate surface area is 137 Å². The Kier molecular flexibility index (Phi) is 6.77. The predicted molar refractivity (Wildman–Crippen MR) is 84.9 cm³/mol. The summed E-state index contributed by atoms with van der Waals surface area (Å²) in [5.74, 6) is -3.03. The number of carbonyl (C=O) groups excluding carboxylic acids is 1. The monoisotopic (exact) mass is 336 g/mol. The lowest BCUT2D eigenvalue weighted by molar-refractivity contribution is -0.0823. The van der Waals surface area contributed by atoms with Crippen LogP contribution >= 0.6 is 0 Å². The van der Waals surface area contributed by atoms with E-state index in [2.05, 4.69) is 10.6 Å². The summed E-state index contributed by atoms with van der Waals surface area (Å²) in [6.45, 7) is 8.43. The Balaban J connectivity index is 2.36. The zero-order valence-electron chi connectivity index (χ0n) is 14.8. The second-order valence-corrected chi connectivity index (χ2v) is 7.43. The number of ether oxygens (including phenoxy) is 2. The molecule has 1 saturated heterocycles. The number of hydrogen-bond acceptors (Lipinski definition) is 4. The van der Waals surface area contributed by atoms with Crippen LogP contribution in [0.15, 0.2) is 0 Å². The number of alkyl halides is 2. The molecule has 0 spiro atoms. The minimum Gasteiger partial charge on any atom is -0.444 e. The molecule has 1 rings (SSSR count). The van der Waals surface area contributed by atoms with E-state index in [1.54, 1.807) is 20.8 Å². The molecule has 0 aliphatic carbocycles. The highest BCUT2D eigenvalue weighted by molar-refractivity contribution is 5.67. The summed E-state index contributed by atoms with van der Waals surface area (Å²) < 4.78 is 38.4. The smallest absolute Gasteiger partial charge is 0.407 e. The van der Waals surface area contributed by atoms with Gasteiger partial charge in [-0.05, 0) is 47.0 Å². The third kappa shape index (κ3) is 7.92. The number of hydrogen-bond donors (Lipinski definition) is 2. The van der Waals surface area contributed by atoms with Gasteiger partial charge in [-0.2, -0.15) is 0 Å². The number of halogens is 2. The van der Waals surface area contributed by atoms with Crippen molar-refractivity contribution in [2.24, 2.45) is 0 Å². The molecule has 1 aliphatic rings. The number of rotatable bonds is 6.